The van der Waals surface area contributed by atoms with Crippen molar-refractivity contribution in [3.05, 3.63) is 45.4 Å². The molecule has 0 spiro atoms. The van der Waals surface area contributed by atoms with Crippen LogP contribution in [0.3, 0.4) is 0 Å². The predicted molar refractivity (Wildman–Crippen MR) is 182 cm³/mol. The third kappa shape index (κ3) is 4.48. The standard InChI is InChI=1S/C39H52BrClO3/c1-23(2)27-15-18-39(34(43)44)20-19-37(6)28(32(27)39)13-14-31-36(5)22-25(10-8-9-24-11-12-26(41)21-29(24)40)33(42)35(3,4)30(36)16-17-38(31,37)7/h11-12,21,25,27-28,30-33,42H,1,10,13-20,22H2,2-7H3,(H,43,44)/t25-,27+,28-,30+,31-,32-,33+,36+,37-,38-,39+/m1/s1. The number of aliphatic hydroxyl groups is 1. The molecule has 5 aliphatic rings. The fourth-order valence-electron chi connectivity index (χ4n) is 12.9. The normalized spacial score (nSPS) is 45.5. The van der Waals surface area contributed by atoms with Gasteiger partial charge in [-0.25, -0.2) is 0 Å². The van der Waals surface area contributed by atoms with E-state index in [0.29, 0.717) is 35.1 Å². The summed E-state index contributed by atoms with van der Waals surface area (Å²) in [5.41, 5.74) is 1.66. The fraction of sp³-hybridized carbons (Fsp3) is 0.718. The summed E-state index contributed by atoms with van der Waals surface area (Å²) in [5, 5.41) is 23.2. The van der Waals surface area contributed by atoms with Gasteiger partial charge >= 0.3 is 5.97 Å². The zero-order chi connectivity index (χ0) is 32.0. The van der Waals surface area contributed by atoms with Crippen molar-refractivity contribution in [3.63, 3.8) is 0 Å². The maximum Gasteiger partial charge on any atom is 0.309 e. The number of carbonyl (C=O) groups is 1. The summed E-state index contributed by atoms with van der Waals surface area (Å²) in [6.07, 6.45) is 9.43. The number of aliphatic hydroxyl groups excluding tert-OH is 1. The lowest BCUT2D eigenvalue weighted by molar-refractivity contribution is -0.256. The molecule has 0 heterocycles. The van der Waals surface area contributed by atoms with Crippen LogP contribution in [0.1, 0.15) is 111 Å². The maximum absolute atomic E-state index is 13.0. The SMILES string of the molecule is C=C(C)[C@@H]1CC[C@]2(C(=O)O)CC[C@]3(C)[C@H](CC[C@@H]4[C@@]5(C)C[C@@H](CC#Cc6ccc(Cl)cc6Br)[C@H](O)C(C)(C)[C@@H]5CC[C@]43C)[C@@H]12. The number of rotatable bonds is 3. The Bertz CT molecular complexity index is 1420. The number of aliphatic carboxylic acids is 1. The van der Waals surface area contributed by atoms with Gasteiger partial charge in [0, 0.05) is 21.5 Å². The Balaban J connectivity index is 1.33. The summed E-state index contributed by atoms with van der Waals surface area (Å²) in [6, 6.07) is 5.71. The molecule has 0 bridgehead atoms. The van der Waals surface area contributed by atoms with Crippen LogP contribution in [-0.2, 0) is 4.79 Å². The molecule has 5 heteroatoms. The molecule has 0 aromatic heterocycles. The van der Waals surface area contributed by atoms with Crippen LogP contribution in [0, 0.1) is 74.4 Å². The van der Waals surface area contributed by atoms with E-state index in [1.54, 1.807) is 0 Å². The highest BCUT2D eigenvalue weighted by Gasteiger charge is 2.72. The second-order valence-corrected chi connectivity index (χ2v) is 18.3. The Labute approximate surface area is 279 Å². The summed E-state index contributed by atoms with van der Waals surface area (Å²) in [4.78, 5) is 13.0. The highest BCUT2D eigenvalue weighted by atomic mass is 79.9. The average Bonchev–Trinajstić information content (AvgIpc) is 3.35. The molecule has 5 aliphatic carbocycles. The molecule has 5 saturated carbocycles. The van der Waals surface area contributed by atoms with Crippen molar-refractivity contribution < 1.29 is 15.0 Å². The van der Waals surface area contributed by atoms with Crippen molar-refractivity contribution in [2.45, 2.75) is 112 Å². The molecule has 240 valence electrons. The topological polar surface area (TPSA) is 57.5 Å². The van der Waals surface area contributed by atoms with Crippen molar-refractivity contribution >= 4 is 33.5 Å². The third-order valence-corrected chi connectivity index (χ3v) is 16.0. The third-order valence-electron chi connectivity index (χ3n) is 15.1. The Kier molecular flexibility index (Phi) is 8.08. The average molecular weight is 684 g/mol. The van der Waals surface area contributed by atoms with Crippen LogP contribution in [0.5, 0.6) is 0 Å². The number of benzene rings is 1. The van der Waals surface area contributed by atoms with Crippen molar-refractivity contribution in [2.75, 3.05) is 0 Å². The van der Waals surface area contributed by atoms with Gasteiger partial charge in [-0.15, -0.1) is 0 Å². The van der Waals surface area contributed by atoms with Crippen LogP contribution in [0.2, 0.25) is 5.02 Å². The first-order valence-corrected chi connectivity index (χ1v) is 18.2. The first kappa shape index (κ1) is 32.7. The number of hydrogen-bond donors (Lipinski definition) is 2. The first-order valence-electron chi connectivity index (χ1n) is 17.0. The van der Waals surface area contributed by atoms with Crippen LogP contribution in [0.25, 0.3) is 0 Å². The summed E-state index contributed by atoms with van der Waals surface area (Å²) in [6.45, 7) is 18.9. The van der Waals surface area contributed by atoms with Crippen LogP contribution in [-0.4, -0.2) is 22.3 Å². The van der Waals surface area contributed by atoms with Gasteiger partial charge in [-0.05, 0) is 156 Å². The lowest BCUT2D eigenvalue weighted by atomic mass is 9.31. The van der Waals surface area contributed by atoms with E-state index in [-0.39, 0.29) is 39.6 Å². The summed E-state index contributed by atoms with van der Waals surface area (Å²) in [5.74, 6) is 8.29. The maximum atomic E-state index is 13.0. The summed E-state index contributed by atoms with van der Waals surface area (Å²) in [7, 11) is 0. The molecular weight excluding hydrogens is 632 g/mol. The molecule has 2 N–H and O–H groups in total. The largest absolute Gasteiger partial charge is 0.481 e. The monoisotopic (exact) mass is 682 g/mol. The molecule has 0 amide bonds. The van der Waals surface area contributed by atoms with Gasteiger partial charge in [0.2, 0.25) is 0 Å². The van der Waals surface area contributed by atoms with Gasteiger partial charge in [-0.2, -0.15) is 0 Å². The van der Waals surface area contributed by atoms with Gasteiger partial charge in [0.25, 0.3) is 0 Å². The molecule has 3 nitrogen and oxygen atoms in total. The van der Waals surface area contributed by atoms with Crippen LogP contribution >= 0.6 is 27.5 Å². The fourth-order valence-corrected chi connectivity index (χ4v) is 13.7. The van der Waals surface area contributed by atoms with Crippen molar-refractivity contribution in [1.29, 1.82) is 0 Å². The molecule has 1 aromatic carbocycles. The highest BCUT2D eigenvalue weighted by molar-refractivity contribution is 9.10. The van der Waals surface area contributed by atoms with Gasteiger partial charge in [-0.3, -0.25) is 4.79 Å². The van der Waals surface area contributed by atoms with E-state index < -0.39 is 11.4 Å². The number of carboxylic acid groups (broad SMARTS) is 1. The second-order valence-electron chi connectivity index (χ2n) is 17.0. The highest BCUT2D eigenvalue weighted by Crippen LogP contribution is 2.77. The summed E-state index contributed by atoms with van der Waals surface area (Å²) < 4.78 is 0.901. The summed E-state index contributed by atoms with van der Waals surface area (Å²) >= 11 is 9.75. The minimum absolute atomic E-state index is 0.0989. The quantitative estimate of drug-likeness (QED) is 0.246. The zero-order valence-electron chi connectivity index (χ0n) is 27.6. The number of halogens is 2. The van der Waals surface area contributed by atoms with Crippen LogP contribution in [0.4, 0.5) is 0 Å². The molecule has 0 radical (unpaired) electrons. The van der Waals surface area contributed by atoms with E-state index in [4.69, 9.17) is 11.6 Å². The lowest BCUT2D eigenvalue weighted by Crippen LogP contribution is -2.68. The van der Waals surface area contributed by atoms with E-state index >= 15 is 0 Å². The van der Waals surface area contributed by atoms with Gasteiger partial charge in [0.1, 0.15) is 0 Å². The molecule has 44 heavy (non-hydrogen) atoms. The lowest BCUT2D eigenvalue weighted by Gasteiger charge is -2.73. The molecule has 0 aliphatic heterocycles. The number of hydrogen-bond acceptors (Lipinski definition) is 2. The Hall–Kier alpha value is -1.28. The van der Waals surface area contributed by atoms with E-state index in [2.05, 4.69) is 75.9 Å². The second kappa shape index (κ2) is 10.9. The van der Waals surface area contributed by atoms with Crippen molar-refractivity contribution in [1.82, 2.24) is 0 Å². The molecular formula is C39H52BrClO3. The van der Waals surface area contributed by atoms with Gasteiger partial charge in [0.15, 0.2) is 0 Å². The Morgan fingerprint density at radius 2 is 1.75 bits per heavy atom. The van der Waals surface area contributed by atoms with E-state index in [0.717, 1.165) is 61.4 Å². The van der Waals surface area contributed by atoms with Crippen molar-refractivity contribution in [3.8, 4) is 11.8 Å². The van der Waals surface area contributed by atoms with Crippen LogP contribution in [0.15, 0.2) is 34.8 Å². The molecule has 1 aromatic rings. The van der Waals surface area contributed by atoms with Gasteiger partial charge in [0.05, 0.1) is 11.5 Å². The van der Waals surface area contributed by atoms with E-state index in [1.165, 1.54) is 12.0 Å². The van der Waals surface area contributed by atoms with Crippen molar-refractivity contribution in [2.24, 2.45) is 62.6 Å². The van der Waals surface area contributed by atoms with E-state index in [1.807, 2.05) is 18.2 Å². The van der Waals surface area contributed by atoms with Gasteiger partial charge < -0.3 is 10.2 Å². The minimum atomic E-state index is -0.585. The van der Waals surface area contributed by atoms with E-state index in [9.17, 15) is 15.0 Å². The predicted octanol–water partition coefficient (Wildman–Crippen LogP) is 10.2. The number of carboxylic acids is 1. The molecule has 0 saturated heterocycles. The van der Waals surface area contributed by atoms with Crippen LogP contribution < -0.4 is 0 Å². The molecule has 11 atom stereocenters. The first-order chi connectivity index (χ1) is 20.5. The van der Waals surface area contributed by atoms with Gasteiger partial charge in [-0.1, -0.05) is 70.2 Å². The molecule has 6 rings (SSSR count). The number of fused-ring (bicyclic) bond motifs is 7. The Morgan fingerprint density at radius 1 is 1.02 bits per heavy atom. The molecule has 0 unspecified atom stereocenters. The zero-order valence-corrected chi connectivity index (χ0v) is 30.0. The number of allylic oxidation sites excluding steroid dienone is 1. The minimum Gasteiger partial charge on any atom is -0.481 e. The Morgan fingerprint density at radius 3 is 2.41 bits per heavy atom. The smallest absolute Gasteiger partial charge is 0.309 e. The molecule has 5 fully saturated rings.